The van der Waals surface area contributed by atoms with Gasteiger partial charge in [0, 0.05) is 30.4 Å². The lowest BCUT2D eigenvalue weighted by Crippen LogP contribution is -2.61. The summed E-state index contributed by atoms with van der Waals surface area (Å²) in [5.41, 5.74) is 0.670. The number of hydrogen-bond donors (Lipinski definition) is 2. The van der Waals surface area contributed by atoms with E-state index in [1.807, 2.05) is 60.9 Å². The Morgan fingerprint density at radius 2 is 1.84 bits per heavy atom. The van der Waals surface area contributed by atoms with Crippen molar-refractivity contribution in [3.63, 3.8) is 0 Å². The summed E-state index contributed by atoms with van der Waals surface area (Å²) in [7, 11) is 0. The zero-order chi connectivity index (χ0) is 21.7. The second kappa shape index (κ2) is 9.60. The van der Waals surface area contributed by atoms with Crippen molar-refractivity contribution in [2.24, 2.45) is 0 Å². The van der Waals surface area contributed by atoms with Crippen LogP contribution in [0.4, 0.5) is 0 Å². The van der Waals surface area contributed by atoms with Gasteiger partial charge in [-0.3, -0.25) is 9.69 Å². The van der Waals surface area contributed by atoms with Crippen LogP contribution in [0.2, 0.25) is 0 Å². The number of carbonyl (C=O) groups is 1. The molecule has 0 saturated carbocycles. The third kappa shape index (κ3) is 4.63. The molecule has 31 heavy (non-hydrogen) atoms. The van der Waals surface area contributed by atoms with Gasteiger partial charge in [-0.25, -0.2) is 9.97 Å². The van der Waals surface area contributed by atoms with Crippen LogP contribution < -0.4 is 5.32 Å². The number of rotatable bonds is 6. The van der Waals surface area contributed by atoms with Gasteiger partial charge in [-0.1, -0.05) is 42.5 Å². The normalized spacial score (nSPS) is 21.5. The van der Waals surface area contributed by atoms with Crippen molar-refractivity contribution in [3.05, 3.63) is 90.0 Å². The van der Waals surface area contributed by atoms with Crippen LogP contribution in [0.25, 0.3) is 0 Å². The highest BCUT2D eigenvalue weighted by atomic mass is 32.2. The molecule has 0 aliphatic carbocycles. The molecule has 0 bridgehead atoms. The van der Waals surface area contributed by atoms with E-state index in [0.29, 0.717) is 31.6 Å². The predicted molar refractivity (Wildman–Crippen MR) is 122 cm³/mol. The molecule has 0 spiro atoms. The van der Waals surface area contributed by atoms with E-state index >= 15 is 0 Å². The summed E-state index contributed by atoms with van der Waals surface area (Å²) in [4.78, 5) is 24.9. The predicted octanol–water partition coefficient (Wildman–Crippen LogP) is 3.09. The molecule has 1 aromatic heterocycles. The molecule has 3 aromatic rings. The summed E-state index contributed by atoms with van der Waals surface area (Å²) in [6.07, 6.45) is 5.20. The molecule has 6 nitrogen and oxygen atoms in total. The van der Waals surface area contributed by atoms with E-state index in [0.717, 1.165) is 16.3 Å². The Hall–Kier alpha value is -2.74. The van der Waals surface area contributed by atoms with Gasteiger partial charge in [0.2, 0.25) is 0 Å². The Morgan fingerprint density at radius 3 is 2.55 bits per heavy atom. The molecule has 2 N–H and O–H groups in total. The third-order valence-electron chi connectivity index (χ3n) is 5.78. The van der Waals surface area contributed by atoms with Gasteiger partial charge < -0.3 is 10.4 Å². The van der Waals surface area contributed by atoms with Crippen LogP contribution in [-0.2, 0) is 12.1 Å². The van der Waals surface area contributed by atoms with Crippen LogP contribution in [0.3, 0.4) is 0 Å². The first kappa shape index (κ1) is 21.5. The van der Waals surface area contributed by atoms with Crippen LogP contribution in [0, 0.1) is 0 Å². The second-order valence-electron chi connectivity index (χ2n) is 7.66. The van der Waals surface area contributed by atoms with Crippen molar-refractivity contribution < 1.29 is 9.90 Å². The lowest BCUT2D eigenvalue weighted by atomic mass is 9.78. The van der Waals surface area contributed by atoms with Crippen LogP contribution in [0.1, 0.15) is 28.2 Å². The minimum absolute atomic E-state index is 0.173. The molecular weight excluding hydrogens is 408 g/mol. The average molecular weight is 435 g/mol. The standard InChI is InChI=1S/C24H26N4O2S/c1-31-20-11-6-5-10-19(20)23(30)27-24(18-8-3-2-4-9-18)12-15-28(16-21(24)29)17-22-25-13-7-14-26-22/h2-11,13-14,21,29H,12,15-17H2,1H3,(H,27,30)/t21-,24+/m1/s1. The molecule has 2 heterocycles. The number of nitrogens with zero attached hydrogens (tertiary/aromatic N) is 3. The maximum Gasteiger partial charge on any atom is 0.253 e. The SMILES string of the molecule is CSc1ccccc1C(=O)N[C@]1(c2ccccc2)CCN(Cc2ncccn2)C[C@H]1O. The molecule has 4 rings (SSSR count). The van der Waals surface area contributed by atoms with Gasteiger partial charge in [0.15, 0.2) is 0 Å². The molecular formula is C24H26N4O2S. The number of aromatic nitrogens is 2. The van der Waals surface area contributed by atoms with E-state index in [1.165, 1.54) is 11.8 Å². The molecule has 1 aliphatic heterocycles. The maximum absolute atomic E-state index is 13.3. The Morgan fingerprint density at radius 1 is 1.13 bits per heavy atom. The molecule has 0 radical (unpaired) electrons. The van der Waals surface area contributed by atoms with Crippen molar-refractivity contribution in [2.45, 2.75) is 29.5 Å². The number of piperidine rings is 1. The smallest absolute Gasteiger partial charge is 0.253 e. The summed E-state index contributed by atoms with van der Waals surface area (Å²) < 4.78 is 0. The third-order valence-corrected chi connectivity index (χ3v) is 6.58. The molecule has 2 aromatic carbocycles. The van der Waals surface area contributed by atoms with Gasteiger partial charge in [0.05, 0.1) is 23.8 Å². The van der Waals surface area contributed by atoms with E-state index < -0.39 is 11.6 Å². The first-order valence-corrected chi connectivity index (χ1v) is 11.5. The van der Waals surface area contributed by atoms with Gasteiger partial charge in [0.1, 0.15) is 5.82 Å². The molecule has 1 saturated heterocycles. The van der Waals surface area contributed by atoms with E-state index in [4.69, 9.17) is 0 Å². The highest BCUT2D eigenvalue weighted by Crippen LogP contribution is 2.34. The van der Waals surface area contributed by atoms with Crippen molar-refractivity contribution in [1.82, 2.24) is 20.2 Å². The summed E-state index contributed by atoms with van der Waals surface area (Å²) in [6.45, 7) is 1.68. The maximum atomic E-state index is 13.3. The zero-order valence-corrected chi connectivity index (χ0v) is 18.3. The molecule has 1 aliphatic rings. The number of thioether (sulfide) groups is 1. The molecule has 1 fully saturated rings. The number of aliphatic hydroxyl groups is 1. The van der Waals surface area contributed by atoms with E-state index in [-0.39, 0.29) is 5.91 Å². The summed E-state index contributed by atoms with van der Waals surface area (Å²) in [5, 5.41) is 14.6. The molecule has 0 unspecified atom stereocenters. The fourth-order valence-electron chi connectivity index (χ4n) is 4.14. The molecule has 7 heteroatoms. The van der Waals surface area contributed by atoms with E-state index in [2.05, 4.69) is 20.2 Å². The largest absolute Gasteiger partial charge is 0.389 e. The number of nitrogens with one attached hydrogen (secondary N) is 1. The fraction of sp³-hybridized carbons (Fsp3) is 0.292. The first-order chi connectivity index (χ1) is 15.1. The fourth-order valence-corrected chi connectivity index (χ4v) is 4.74. The van der Waals surface area contributed by atoms with Gasteiger partial charge in [-0.15, -0.1) is 11.8 Å². The highest BCUT2D eigenvalue weighted by molar-refractivity contribution is 7.98. The summed E-state index contributed by atoms with van der Waals surface area (Å²) in [6, 6.07) is 19.1. The number of amides is 1. The number of carbonyl (C=O) groups excluding carboxylic acids is 1. The quantitative estimate of drug-likeness (QED) is 0.581. The molecule has 160 valence electrons. The van der Waals surface area contributed by atoms with Crippen molar-refractivity contribution in [1.29, 1.82) is 0 Å². The number of aliphatic hydroxyl groups excluding tert-OH is 1. The van der Waals surface area contributed by atoms with E-state index in [9.17, 15) is 9.90 Å². The lowest BCUT2D eigenvalue weighted by Gasteiger charge is -2.46. The summed E-state index contributed by atoms with van der Waals surface area (Å²) >= 11 is 1.54. The minimum Gasteiger partial charge on any atom is -0.389 e. The molecule has 2 atom stereocenters. The van der Waals surface area contributed by atoms with Crippen LogP contribution >= 0.6 is 11.8 Å². The Labute approximate surface area is 186 Å². The van der Waals surface area contributed by atoms with Gasteiger partial charge in [-0.2, -0.15) is 0 Å². The summed E-state index contributed by atoms with van der Waals surface area (Å²) in [5.74, 6) is 0.549. The second-order valence-corrected chi connectivity index (χ2v) is 8.51. The first-order valence-electron chi connectivity index (χ1n) is 10.3. The highest BCUT2D eigenvalue weighted by Gasteiger charge is 2.45. The molecule has 1 amide bonds. The van der Waals surface area contributed by atoms with Gasteiger partial charge in [-0.05, 0) is 36.4 Å². The number of hydrogen-bond acceptors (Lipinski definition) is 6. The van der Waals surface area contributed by atoms with Crippen molar-refractivity contribution in [3.8, 4) is 0 Å². The topological polar surface area (TPSA) is 78.4 Å². The monoisotopic (exact) mass is 434 g/mol. The van der Waals surface area contributed by atoms with E-state index in [1.54, 1.807) is 18.5 Å². The van der Waals surface area contributed by atoms with Crippen LogP contribution in [0.15, 0.2) is 78.0 Å². The van der Waals surface area contributed by atoms with Gasteiger partial charge >= 0.3 is 0 Å². The zero-order valence-electron chi connectivity index (χ0n) is 17.4. The number of likely N-dealkylation sites (tertiary alicyclic amines) is 1. The lowest BCUT2D eigenvalue weighted by molar-refractivity contribution is -0.0188. The van der Waals surface area contributed by atoms with Crippen LogP contribution in [0.5, 0.6) is 0 Å². The minimum atomic E-state index is -0.863. The Bertz CT molecular complexity index is 1020. The Kier molecular flexibility index (Phi) is 6.65. The van der Waals surface area contributed by atoms with Crippen molar-refractivity contribution >= 4 is 17.7 Å². The number of β-amino-alcohol motifs (C(OH)–C–C–N with tert-alkyl or cyclic N) is 1. The van der Waals surface area contributed by atoms with Gasteiger partial charge in [0.25, 0.3) is 5.91 Å². The van der Waals surface area contributed by atoms with Crippen LogP contribution in [-0.4, -0.2) is 51.3 Å². The number of benzene rings is 2. The average Bonchev–Trinajstić information content (AvgIpc) is 2.82. The Balaban J connectivity index is 1.60. The van der Waals surface area contributed by atoms with Crippen molar-refractivity contribution in [2.75, 3.05) is 19.3 Å².